The first-order valence-electron chi connectivity index (χ1n) is 7.39. The molecule has 1 unspecified atom stereocenters. The minimum absolute atomic E-state index is 0.0713. The topological polar surface area (TPSA) is 49.3 Å². The molecule has 0 saturated heterocycles. The van der Waals surface area contributed by atoms with Crippen molar-refractivity contribution in [2.45, 2.75) is 26.3 Å². The van der Waals surface area contributed by atoms with Gasteiger partial charge in [0.2, 0.25) is 0 Å². The largest absolute Gasteiger partial charge is 0.481 e. The predicted molar refractivity (Wildman–Crippen MR) is 85.3 cm³/mol. The Labute approximate surface area is 138 Å². The van der Waals surface area contributed by atoms with Gasteiger partial charge in [-0.1, -0.05) is 0 Å². The Bertz CT molecular complexity index is 767. The third-order valence-corrected chi connectivity index (χ3v) is 3.95. The van der Waals surface area contributed by atoms with Crippen molar-refractivity contribution in [2.24, 2.45) is 0 Å². The summed E-state index contributed by atoms with van der Waals surface area (Å²) in [5, 5.41) is 11.6. The summed E-state index contributed by atoms with van der Waals surface area (Å²) in [6, 6.07) is 4.21. The van der Waals surface area contributed by atoms with Gasteiger partial charge in [0.25, 0.3) is 0 Å². The van der Waals surface area contributed by atoms with Crippen molar-refractivity contribution in [1.82, 2.24) is 5.32 Å². The number of hydrogen-bond acceptors (Lipinski definition) is 2. The van der Waals surface area contributed by atoms with Gasteiger partial charge in [0.05, 0.1) is 6.42 Å². The second-order valence-electron chi connectivity index (χ2n) is 5.71. The van der Waals surface area contributed by atoms with E-state index in [2.05, 4.69) is 5.32 Å². The number of halogens is 3. The lowest BCUT2D eigenvalue weighted by Gasteiger charge is -2.18. The molecule has 2 aromatic carbocycles. The number of carboxylic acid groups (broad SMARTS) is 1. The molecule has 0 heterocycles. The molecule has 0 amide bonds. The van der Waals surface area contributed by atoms with Crippen LogP contribution in [0, 0.1) is 31.3 Å². The van der Waals surface area contributed by atoms with E-state index in [0.717, 1.165) is 6.07 Å². The number of nitrogens with one attached hydrogen (secondary N) is 1. The van der Waals surface area contributed by atoms with Crippen LogP contribution in [-0.2, 0) is 4.79 Å². The van der Waals surface area contributed by atoms with E-state index in [1.807, 2.05) is 0 Å². The van der Waals surface area contributed by atoms with Crippen molar-refractivity contribution in [1.29, 1.82) is 0 Å². The summed E-state index contributed by atoms with van der Waals surface area (Å²) < 4.78 is 41.7. The van der Waals surface area contributed by atoms with E-state index in [-0.39, 0.29) is 5.56 Å². The fraction of sp³-hybridized carbons (Fsp3) is 0.278. The van der Waals surface area contributed by atoms with Crippen LogP contribution in [0.1, 0.15) is 29.2 Å². The first kappa shape index (κ1) is 18.0. The van der Waals surface area contributed by atoms with Gasteiger partial charge >= 0.3 is 5.97 Å². The summed E-state index contributed by atoms with van der Waals surface area (Å²) in [6.07, 6.45) is -0.391. The van der Waals surface area contributed by atoms with Crippen LogP contribution in [0.2, 0.25) is 0 Å². The Morgan fingerprint density at radius 1 is 1.12 bits per heavy atom. The van der Waals surface area contributed by atoms with Gasteiger partial charge in [0, 0.05) is 11.6 Å². The molecule has 2 aromatic rings. The smallest absolute Gasteiger partial charge is 0.305 e. The number of carboxylic acids is 1. The highest BCUT2D eigenvalue weighted by molar-refractivity contribution is 5.72. The lowest BCUT2D eigenvalue weighted by atomic mass is 9.92. The van der Waals surface area contributed by atoms with Gasteiger partial charge in [-0.15, -0.1) is 0 Å². The number of rotatable bonds is 5. The maximum atomic E-state index is 14.2. The van der Waals surface area contributed by atoms with Crippen molar-refractivity contribution in [3.05, 3.63) is 58.4 Å². The SMILES string of the molecule is CNC(CC(=O)O)c1cc(-c2c(C)cc(F)cc2C)cc(F)c1F. The molecule has 0 fully saturated rings. The third kappa shape index (κ3) is 3.59. The Balaban J connectivity index is 2.64. The summed E-state index contributed by atoms with van der Waals surface area (Å²) in [5.41, 5.74) is 2.08. The molecular weight excluding hydrogens is 319 g/mol. The Kier molecular flexibility index (Phi) is 5.29. The molecule has 24 heavy (non-hydrogen) atoms. The first-order valence-corrected chi connectivity index (χ1v) is 7.39. The average molecular weight is 337 g/mol. The summed E-state index contributed by atoms with van der Waals surface area (Å²) in [7, 11) is 1.48. The molecular formula is C18H18F3NO2. The zero-order valence-corrected chi connectivity index (χ0v) is 13.6. The van der Waals surface area contributed by atoms with Gasteiger partial charge in [0.1, 0.15) is 5.82 Å². The van der Waals surface area contributed by atoms with Crippen LogP contribution < -0.4 is 5.32 Å². The van der Waals surface area contributed by atoms with Gasteiger partial charge in [-0.2, -0.15) is 0 Å². The maximum Gasteiger partial charge on any atom is 0.305 e. The van der Waals surface area contributed by atoms with E-state index in [1.165, 1.54) is 25.2 Å². The van der Waals surface area contributed by atoms with Crippen molar-refractivity contribution >= 4 is 5.97 Å². The number of carbonyl (C=O) groups is 1. The molecule has 0 aliphatic heterocycles. The standard InChI is InChI=1S/C18H18F3NO2/c1-9-4-12(19)5-10(2)17(9)11-6-13(18(21)14(20)7-11)15(22-3)8-16(23)24/h4-7,15,22H,8H2,1-3H3,(H,23,24). The third-order valence-electron chi connectivity index (χ3n) is 3.95. The molecule has 128 valence electrons. The molecule has 6 heteroatoms. The minimum Gasteiger partial charge on any atom is -0.481 e. The highest BCUT2D eigenvalue weighted by Crippen LogP contribution is 2.33. The number of aryl methyl sites for hydroxylation is 2. The predicted octanol–water partition coefficient (Wildman–Crippen LogP) is 4.12. The lowest BCUT2D eigenvalue weighted by molar-refractivity contribution is -0.137. The van der Waals surface area contributed by atoms with Crippen LogP contribution in [0.5, 0.6) is 0 Å². The van der Waals surface area contributed by atoms with Gasteiger partial charge in [0.15, 0.2) is 11.6 Å². The zero-order chi connectivity index (χ0) is 18.0. The van der Waals surface area contributed by atoms with Crippen molar-refractivity contribution in [3.63, 3.8) is 0 Å². The normalized spacial score (nSPS) is 12.2. The molecule has 0 radical (unpaired) electrons. The van der Waals surface area contributed by atoms with E-state index in [0.29, 0.717) is 22.3 Å². The van der Waals surface area contributed by atoms with Crippen molar-refractivity contribution < 1.29 is 23.1 Å². The second-order valence-corrected chi connectivity index (χ2v) is 5.71. The van der Waals surface area contributed by atoms with Crippen LogP contribution in [0.25, 0.3) is 11.1 Å². The first-order chi connectivity index (χ1) is 11.2. The molecule has 3 nitrogen and oxygen atoms in total. The molecule has 0 aromatic heterocycles. The molecule has 0 aliphatic rings. The summed E-state index contributed by atoms with van der Waals surface area (Å²) >= 11 is 0. The highest BCUT2D eigenvalue weighted by atomic mass is 19.2. The van der Waals surface area contributed by atoms with Crippen molar-refractivity contribution in [3.8, 4) is 11.1 Å². The van der Waals surface area contributed by atoms with E-state index in [4.69, 9.17) is 5.11 Å². The highest BCUT2D eigenvalue weighted by Gasteiger charge is 2.22. The van der Waals surface area contributed by atoms with Gasteiger partial charge < -0.3 is 10.4 Å². The van der Waals surface area contributed by atoms with Gasteiger partial charge in [-0.3, -0.25) is 4.79 Å². The molecule has 0 aliphatic carbocycles. The maximum absolute atomic E-state index is 14.2. The Morgan fingerprint density at radius 2 is 1.71 bits per heavy atom. The second kappa shape index (κ2) is 7.05. The minimum atomic E-state index is -1.13. The van der Waals surface area contributed by atoms with Crippen LogP contribution in [-0.4, -0.2) is 18.1 Å². The van der Waals surface area contributed by atoms with Crippen LogP contribution in [0.15, 0.2) is 24.3 Å². The molecule has 0 spiro atoms. The van der Waals surface area contributed by atoms with E-state index in [1.54, 1.807) is 13.8 Å². The fourth-order valence-corrected chi connectivity index (χ4v) is 2.92. The monoisotopic (exact) mass is 337 g/mol. The van der Waals surface area contributed by atoms with Gasteiger partial charge in [-0.25, -0.2) is 13.2 Å². The molecule has 1 atom stereocenters. The van der Waals surface area contributed by atoms with Gasteiger partial charge in [-0.05, 0) is 67.4 Å². The molecule has 2 rings (SSSR count). The van der Waals surface area contributed by atoms with Crippen molar-refractivity contribution in [2.75, 3.05) is 7.05 Å². The van der Waals surface area contributed by atoms with E-state index < -0.39 is 35.9 Å². The lowest BCUT2D eigenvalue weighted by Crippen LogP contribution is -2.21. The number of hydrogen-bond donors (Lipinski definition) is 2. The van der Waals surface area contributed by atoms with E-state index in [9.17, 15) is 18.0 Å². The fourth-order valence-electron chi connectivity index (χ4n) is 2.92. The summed E-state index contributed by atoms with van der Waals surface area (Å²) in [6.45, 7) is 3.36. The Morgan fingerprint density at radius 3 is 2.21 bits per heavy atom. The number of benzene rings is 2. The average Bonchev–Trinajstić information content (AvgIpc) is 2.47. The van der Waals surface area contributed by atoms with Crippen LogP contribution in [0.3, 0.4) is 0 Å². The molecule has 2 N–H and O–H groups in total. The van der Waals surface area contributed by atoms with Crippen LogP contribution >= 0.6 is 0 Å². The quantitative estimate of drug-likeness (QED) is 0.863. The zero-order valence-electron chi connectivity index (χ0n) is 13.6. The van der Waals surface area contributed by atoms with Crippen LogP contribution in [0.4, 0.5) is 13.2 Å². The molecule has 0 saturated carbocycles. The summed E-state index contributed by atoms with van der Waals surface area (Å²) in [5.74, 6) is -3.70. The number of aliphatic carboxylic acids is 1. The molecule has 0 bridgehead atoms. The summed E-state index contributed by atoms with van der Waals surface area (Å²) in [4.78, 5) is 10.9. The van der Waals surface area contributed by atoms with E-state index >= 15 is 0 Å². The Hall–Kier alpha value is -2.34.